The number of fused-ring (bicyclic) bond motifs is 1. The van der Waals surface area contributed by atoms with Crippen molar-refractivity contribution in [2.75, 3.05) is 13.7 Å². The quantitative estimate of drug-likeness (QED) is 0.565. The molecule has 1 unspecified atom stereocenters. The van der Waals surface area contributed by atoms with Crippen molar-refractivity contribution in [3.8, 4) is 16.3 Å². The fraction of sp³-hybridized carbons (Fsp3) is 0.278. The number of ether oxygens (including phenoxy) is 1. The topological polar surface area (TPSA) is 91.9 Å². The molecule has 150 valence electrons. The Morgan fingerprint density at radius 1 is 1.36 bits per heavy atom. The summed E-state index contributed by atoms with van der Waals surface area (Å²) in [6, 6.07) is 7.38. The number of nitrogens with one attached hydrogen (secondary N) is 3. The molecule has 1 atom stereocenters. The van der Waals surface area contributed by atoms with Crippen molar-refractivity contribution in [3.63, 3.8) is 0 Å². The third-order valence-electron chi connectivity index (χ3n) is 4.32. The molecule has 7 nitrogen and oxygen atoms in total. The van der Waals surface area contributed by atoms with Crippen molar-refractivity contribution in [1.82, 2.24) is 25.6 Å². The smallest absolute Gasteiger partial charge is 0.243 e. The maximum atomic E-state index is 12.5. The number of halogens is 2. The highest BCUT2D eigenvalue weighted by Crippen LogP contribution is 2.28. The summed E-state index contributed by atoms with van der Waals surface area (Å²) in [5.74, 6) is 0.722. The predicted octanol–water partition coefficient (Wildman–Crippen LogP) is 2.89. The highest BCUT2D eigenvalue weighted by molar-refractivity contribution is 7.15. The van der Waals surface area contributed by atoms with Crippen molar-refractivity contribution in [3.05, 3.63) is 53.1 Å². The first-order valence-electron chi connectivity index (χ1n) is 8.37. The van der Waals surface area contributed by atoms with Gasteiger partial charge in [-0.3, -0.25) is 4.79 Å². The van der Waals surface area contributed by atoms with Crippen LogP contribution < -0.4 is 15.4 Å². The van der Waals surface area contributed by atoms with Gasteiger partial charge in [0.05, 0.1) is 25.7 Å². The molecule has 3 aromatic rings. The number of amides is 1. The summed E-state index contributed by atoms with van der Waals surface area (Å²) in [4.78, 5) is 25.4. The van der Waals surface area contributed by atoms with Gasteiger partial charge >= 0.3 is 0 Å². The second kappa shape index (κ2) is 9.88. The second-order valence-electron chi connectivity index (χ2n) is 5.98. The minimum absolute atomic E-state index is 0. The van der Waals surface area contributed by atoms with Gasteiger partial charge in [0.1, 0.15) is 16.8 Å². The Kier molecular flexibility index (Phi) is 7.82. The molecule has 3 heterocycles. The van der Waals surface area contributed by atoms with E-state index in [1.54, 1.807) is 31.0 Å². The third kappa shape index (κ3) is 4.64. The molecule has 0 spiro atoms. The van der Waals surface area contributed by atoms with E-state index in [1.165, 1.54) is 0 Å². The fourth-order valence-electron chi connectivity index (χ4n) is 2.99. The summed E-state index contributed by atoms with van der Waals surface area (Å²) in [5, 5.41) is 7.10. The van der Waals surface area contributed by atoms with Crippen LogP contribution in [0.2, 0.25) is 0 Å². The first kappa shape index (κ1) is 22.2. The summed E-state index contributed by atoms with van der Waals surface area (Å²) < 4.78 is 5.26. The average molecular weight is 442 g/mol. The zero-order chi connectivity index (χ0) is 17.9. The van der Waals surface area contributed by atoms with E-state index in [0.717, 1.165) is 45.6 Å². The standard InChI is InChI=1S/C18H19N5O2S.2ClH/c1-25-12-4-2-3-11(7-12)18-21-9-13(26-18)8-20-17(24)16-15-14(5-6-19-16)22-10-23-15;;/h2-4,7,9-10,16,19H,5-6,8H2,1H3,(H,20,24)(H,22,23);2*1H. The molecule has 1 aliphatic heterocycles. The third-order valence-corrected chi connectivity index (χ3v) is 5.36. The fourth-order valence-corrected chi connectivity index (χ4v) is 3.84. The van der Waals surface area contributed by atoms with Crippen molar-refractivity contribution in [1.29, 1.82) is 0 Å². The lowest BCUT2D eigenvalue weighted by atomic mass is 10.1. The first-order chi connectivity index (χ1) is 12.7. The molecule has 0 radical (unpaired) electrons. The minimum Gasteiger partial charge on any atom is -0.497 e. The van der Waals surface area contributed by atoms with Gasteiger partial charge in [-0.05, 0) is 12.1 Å². The van der Waals surface area contributed by atoms with E-state index < -0.39 is 6.04 Å². The van der Waals surface area contributed by atoms with E-state index in [2.05, 4.69) is 25.6 Å². The Hall–Kier alpha value is -2.13. The molecule has 1 aliphatic rings. The number of H-pyrrole nitrogens is 1. The predicted molar refractivity (Wildman–Crippen MR) is 113 cm³/mol. The number of hydrogen-bond donors (Lipinski definition) is 3. The van der Waals surface area contributed by atoms with Crippen molar-refractivity contribution >= 4 is 42.1 Å². The van der Waals surface area contributed by atoms with E-state index in [9.17, 15) is 4.79 Å². The maximum Gasteiger partial charge on any atom is 0.243 e. The summed E-state index contributed by atoms with van der Waals surface area (Å²) >= 11 is 1.56. The Labute approximate surface area is 179 Å². The molecule has 0 fully saturated rings. The monoisotopic (exact) mass is 441 g/mol. The van der Waals surface area contributed by atoms with Gasteiger partial charge < -0.3 is 20.4 Å². The number of hydrogen-bond acceptors (Lipinski definition) is 6. The number of carbonyl (C=O) groups excluding carboxylic acids is 1. The van der Waals surface area contributed by atoms with Crippen LogP contribution in [0.15, 0.2) is 36.8 Å². The SMILES string of the molecule is COc1cccc(-c2ncc(CNC(=O)C3NCCc4[nH]cnc43)s2)c1.Cl.Cl. The molecule has 4 rings (SSSR count). The lowest BCUT2D eigenvalue weighted by Crippen LogP contribution is -2.41. The largest absolute Gasteiger partial charge is 0.497 e. The van der Waals surface area contributed by atoms with Crippen LogP contribution in [0.3, 0.4) is 0 Å². The molecular weight excluding hydrogens is 421 g/mol. The first-order valence-corrected chi connectivity index (χ1v) is 9.18. The molecule has 2 aromatic heterocycles. The van der Waals surface area contributed by atoms with Gasteiger partial charge in [0, 0.05) is 35.3 Å². The highest BCUT2D eigenvalue weighted by atomic mass is 35.5. The molecule has 3 N–H and O–H groups in total. The van der Waals surface area contributed by atoms with Crippen LogP contribution in [0.1, 0.15) is 22.3 Å². The van der Waals surface area contributed by atoms with E-state index in [0.29, 0.717) is 6.54 Å². The minimum atomic E-state index is -0.407. The van der Waals surface area contributed by atoms with Crippen LogP contribution in [0.25, 0.3) is 10.6 Å². The van der Waals surface area contributed by atoms with Crippen LogP contribution >= 0.6 is 36.2 Å². The van der Waals surface area contributed by atoms with E-state index in [-0.39, 0.29) is 30.7 Å². The number of rotatable bonds is 5. The van der Waals surface area contributed by atoms with Crippen LogP contribution in [0.5, 0.6) is 5.75 Å². The summed E-state index contributed by atoms with van der Waals surface area (Å²) in [6.45, 7) is 1.20. The number of methoxy groups -OCH3 is 1. The van der Waals surface area contributed by atoms with Crippen molar-refractivity contribution < 1.29 is 9.53 Å². The van der Waals surface area contributed by atoms with E-state index in [4.69, 9.17) is 4.74 Å². The lowest BCUT2D eigenvalue weighted by Gasteiger charge is -2.21. The van der Waals surface area contributed by atoms with Gasteiger partial charge in [0.15, 0.2) is 0 Å². The van der Waals surface area contributed by atoms with E-state index >= 15 is 0 Å². The van der Waals surface area contributed by atoms with Crippen molar-refractivity contribution in [2.24, 2.45) is 0 Å². The number of aromatic amines is 1. The molecule has 28 heavy (non-hydrogen) atoms. The zero-order valence-electron chi connectivity index (χ0n) is 15.1. The summed E-state index contributed by atoms with van der Waals surface area (Å²) in [6.07, 6.45) is 4.30. The Morgan fingerprint density at radius 3 is 3.04 bits per heavy atom. The molecule has 0 saturated carbocycles. The Balaban J connectivity index is 0.00000140. The van der Waals surface area contributed by atoms with Crippen LogP contribution in [-0.4, -0.2) is 34.5 Å². The van der Waals surface area contributed by atoms with Gasteiger partial charge in [-0.25, -0.2) is 9.97 Å². The zero-order valence-corrected chi connectivity index (χ0v) is 17.5. The number of aromatic nitrogens is 3. The van der Waals surface area contributed by atoms with Crippen LogP contribution in [0, 0.1) is 0 Å². The summed E-state index contributed by atoms with van der Waals surface area (Å²) in [5.41, 5.74) is 2.82. The second-order valence-corrected chi connectivity index (χ2v) is 7.10. The lowest BCUT2D eigenvalue weighted by molar-refractivity contribution is -0.123. The van der Waals surface area contributed by atoms with Crippen LogP contribution in [-0.2, 0) is 17.8 Å². The molecule has 1 aromatic carbocycles. The average Bonchev–Trinajstić information content (AvgIpc) is 3.35. The molecule has 0 saturated heterocycles. The summed E-state index contributed by atoms with van der Waals surface area (Å²) in [7, 11) is 1.64. The number of imidazole rings is 1. The Morgan fingerprint density at radius 2 is 2.21 bits per heavy atom. The molecule has 0 aliphatic carbocycles. The van der Waals surface area contributed by atoms with Gasteiger partial charge in [-0.1, -0.05) is 12.1 Å². The van der Waals surface area contributed by atoms with Crippen LogP contribution in [0.4, 0.5) is 0 Å². The number of thiazole rings is 1. The Bertz CT molecular complexity index is 930. The number of nitrogens with zero attached hydrogens (tertiary/aromatic N) is 2. The molecule has 10 heteroatoms. The van der Waals surface area contributed by atoms with Gasteiger partial charge in [-0.2, -0.15) is 0 Å². The number of benzene rings is 1. The van der Waals surface area contributed by atoms with Crippen molar-refractivity contribution in [2.45, 2.75) is 19.0 Å². The maximum absolute atomic E-state index is 12.5. The molecule has 0 bridgehead atoms. The highest BCUT2D eigenvalue weighted by Gasteiger charge is 2.28. The van der Waals surface area contributed by atoms with E-state index in [1.807, 2.05) is 24.3 Å². The van der Waals surface area contributed by atoms with Gasteiger partial charge in [-0.15, -0.1) is 36.2 Å². The number of carbonyl (C=O) groups is 1. The molecular formula is C18H21Cl2N5O2S. The van der Waals surface area contributed by atoms with Gasteiger partial charge in [0.2, 0.25) is 5.91 Å². The normalized spacial score (nSPS) is 15.0. The molecule has 1 amide bonds. The van der Waals surface area contributed by atoms with Gasteiger partial charge in [0.25, 0.3) is 0 Å².